The minimum atomic E-state index is 0.142. The van der Waals surface area contributed by atoms with Crippen molar-refractivity contribution < 1.29 is 4.79 Å². The Kier molecular flexibility index (Phi) is 3.93. The summed E-state index contributed by atoms with van der Waals surface area (Å²) in [5, 5.41) is 2.29. The number of amides is 1. The van der Waals surface area contributed by atoms with E-state index in [2.05, 4.69) is 19.1 Å². The zero-order valence-corrected chi connectivity index (χ0v) is 12.5. The Morgan fingerprint density at radius 2 is 1.81 bits per heavy atom. The maximum Gasteiger partial charge on any atom is 0.253 e. The van der Waals surface area contributed by atoms with E-state index in [9.17, 15) is 4.79 Å². The molecular weight excluding hydrogens is 260 g/mol. The van der Waals surface area contributed by atoms with Crippen molar-refractivity contribution >= 4 is 16.7 Å². The highest BCUT2D eigenvalue weighted by Crippen LogP contribution is 2.22. The minimum absolute atomic E-state index is 0.142. The molecule has 0 aliphatic carbocycles. The van der Waals surface area contributed by atoms with Gasteiger partial charge in [0.15, 0.2) is 0 Å². The Balaban J connectivity index is 1.75. The van der Waals surface area contributed by atoms with Gasteiger partial charge in [0.05, 0.1) is 0 Å². The molecule has 1 aliphatic heterocycles. The maximum atomic E-state index is 12.6. The van der Waals surface area contributed by atoms with Gasteiger partial charge in [-0.3, -0.25) is 4.79 Å². The van der Waals surface area contributed by atoms with Gasteiger partial charge in [-0.2, -0.15) is 0 Å². The van der Waals surface area contributed by atoms with Crippen LogP contribution in [0, 0.1) is 5.92 Å². The van der Waals surface area contributed by atoms with E-state index < -0.39 is 0 Å². The van der Waals surface area contributed by atoms with Gasteiger partial charge < -0.3 is 10.6 Å². The van der Waals surface area contributed by atoms with Crippen molar-refractivity contribution in [3.63, 3.8) is 0 Å². The second kappa shape index (κ2) is 5.86. The average molecular weight is 282 g/mol. The molecule has 0 radical (unpaired) electrons. The van der Waals surface area contributed by atoms with Gasteiger partial charge in [0, 0.05) is 24.7 Å². The number of fused-ring (bicyclic) bond motifs is 1. The van der Waals surface area contributed by atoms with Crippen LogP contribution < -0.4 is 5.73 Å². The second-order valence-corrected chi connectivity index (χ2v) is 6.05. The number of likely N-dealkylation sites (tertiary alicyclic amines) is 1. The SMILES string of the molecule is CC(N)C1CCN(C(=O)c2ccc3ccccc3c2)CC1. The quantitative estimate of drug-likeness (QED) is 0.920. The maximum absolute atomic E-state index is 12.6. The zero-order valence-electron chi connectivity index (χ0n) is 12.5. The number of nitrogens with two attached hydrogens (primary N) is 1. The zero-order chi connectivity index (χ0) is 14.8. The van der Waals surface area contributed by atoms with E-state index in [1.165, 1.54) is 5.39 Å². The lowest BCUT2D eigenvalue weighted by Crippen LogP contribution is -2.42. The lowest BCUT2D eigenvalue weighted by molar-refractivity contribution is 0.0681. The molecule has 21 heavy (non-hydrogen) atoms. The predicted octanol–water partition coefficient (Wildman–Crippen LogP) is 3.04. The summed E-state index contributed by atoms with van der Waals surface area (Å²) in [5.74, 6) is 0.689. The first-order chi connectivity index (χ1) is 10.1. The van der Waals surface area contributed by atoms with E-state index in [1.807, 2.05) is 35.2 Å². The normalized spacial score (nSPS) is 17.9. The van der Waals surface area contributed by atoms with Crippen LogP contribution in [-0.2, 0) is 0 Å². The van der Waals surface area contributed by atoms with Gasteiger partial charge in [-0.05, 0) is 48.6 Å². The number of rotatable bonds is 2. The van der Waals surface area contributed by atoms with Crippen molar-refractivity contribution in [3.8, 4) is 0 Å². The Morgan fingerprint density at radius 1 is 1.14 bits per heavy atom. The van der Waals surface area contributed by atoms with E-state index in [1.54, 1.807) is 0 Å². The van der Waals surface area contributed by atoms with Crippen molar-refractivity contribution in [2.45, 2.75) is 25.8 Å². The molecule has 3 heteroatoms. The van der Waals surface area contributed by atoms with Crippen molar-refractivity contribution in [1.29, 1.82) is 0 Å². The molecule has 1 unspecified atom stereocenters. The number of carbonyl (C=O) groups is 1. The van der Waals surface area contributed by atoms with Gasteiger partial charge in [-0.15, -0.1) is 0 Å². The van der Waals surface area contributed by atoms with Gasteiger partial charge in [0.2, 0.25) is 0 Å². The molecule has 0 aromatic heterocycles. The molecule has 2 aromatic rings. The summed E-state index contributed by atoms with van der Waals surface area (Å²) in [5.41, 5.74) is 6.74. The number of nitrogens with zero attached hydrogens (tertiary/aromatic N) is 1. The summed E-state index contributed by atoms with van der Waals surface area (Å²) < 4.78 is 0. The third-order valence-corrected chi connectivity index (χ3v) is 4.57. The number of carbonyl (C=O) groups excluding carboxylic acids is 1. The molecule has 1 fully saturated rings. The molecule has 0 saturated carbocycles. The highest BCUT2D eigenvalue weighted by molar-refractivity contribution is 5.98. The Labute approximate surface area is 125 Å². The smallest absolute Gasteiger partial charge is 0.253 e. The predicted molar refractivity (Wildman–Crippen MR) is 86.2 cm³/mol. The van der Waals surface area contributed by atoms with Crippen LogP contribution in [0.1, 0.15) is 30.1 Å². The van der Waals surface area contributed by atoms with Gasteiger partial charge in [-0.25, -0.2) is 0 Å². The monoisotopic (exact) mass is 282 g/mol. The van der Waals surface area contributed by atoms with E-state index in [-0.39, 0.29) is 11.9 Å². The van der Waals surface area contributed by atoms with Gasteiger partial charge >= 0.3 is 0 Å². The lowest BCUT2D eigenvalue weighted by Gasteiger charge is -2.33. The summed E-state index contributed by atoms with van der Waals surface area (Å²) in [6, 6.07) is 14.3. The standard InChI is InChI=1S/C18H22N2O/c1-13(19)14-8-10-20(11-9-14)18(21)17-7-6-15-4-2-3-5-16(15)12-17/h2-7,12-14H,8-11,19H2,1H3. The Morgan fingerprint density at radius 3 is 2.48 bits per heavy atom. The third-order valence-electron chi connectivity index (χ3n) is 4.57. The summed E-state index contributed by atoms with van der Waals surface area (Å²) in [6.07, 6.45) is 2.02. The van der Waals surface area contributed by atoms with Crippen LogP contribution in [0.4, 0.5) is 0 Å². The fourth-order valence-electron chi connectivity index (χ4n) is 3.13. The van der Waals surface area contributed by atoms with Crippen molar-refractivity contribution in [2.24, 2.45) is 11.7 Å². The topological polar surface area (TPSA) is 46.3 Å². The summed E-state index contributed by atoms with van der Waals surface area (Å²) >= 11 is 0. The molecule has 3 rings (SSSR count). The van der Waals surface area contributed by atoms with Crippen LogP contribution in [0.3, 0.4) is 0 Å². The molecule has 110 valence electrons. The molecule has 3 nitrogen and oxygen atoms in total. The third kappa shape index (κ3) is 2.93. The Bertz CT molecular complexity index is 642. The Hall–Kier alpha value is -1.87. The molecule has 1 amide bonds. The molecule has 1 atom stereocenters. The first kappa shape index (κ1) is 14.1. The van der Waals surface area contributed by atoms with E-state index >= 15 is 0 Å². The van der Waals surface area contributed by atoms with Gasteiger partial charge in [0.25, 0.3) is 5.91 Å². The highest BCUT2D eigenvalue weighted by Gasteiger charge is 2.25. The molecule has 1 heterocycles. The van der Waals surface area contributed by atoms with Crippen molar-refractivity contribution in [2.75, 3.05) is 13.1 Å². The molecule has 2 N–H and O–H groups in total. The summed E-state index contributed by atoms with van der Waals surface area (Å²) in [6.45, 7) is 3.70. The summed E-state index contributed by atoms with van der Waals surface area (Å²) in [7, 11) is 0. The van der Waals surface area contributed by atoms with Crippen LogP contribution in [0.25, 0.3) is 10.8 Å². The molecule has 1 saturated heterocycles. The summed E-state index contributed by atoms with van der Waals surface area (Å²) in [4.78, 5) is 14.6. The molecule has 0 spiro atoms. The fraction of sp³-hybridized carbons (Fsp3) is 0.389. The molecular formula is C18H22N2O. The highest BCUT2D eigenvalue weighted by atomic mass is 16.2. The second-order valence-electron chi connectivity index (χ2n) is 6.05. The van der Waals surface area contributed by atoms with Crippen LogP contribution in [0.5, 0.6) is 0 Å². The van der Waals surface area contributed by atoms with Crippen molar-refractivity contribution in [3.05, 3.63) is 48.0 Å². The van der Waals surface area contributed by atoms with E-state index in [0.29, 0.717) is 5.92 Å². The van der Waals surface area contributed by atoms with Crippen LogP contribution in [-0.4, -0.2) is 29.9 Å². The number of piperidine rings is 1. The molecule has 1 aliphatic rings. The van der Waals surface area contributed by atoms with E-state index in [0.717, 1.165) is 36.9 Å². The van der Waals surface area contributed by atoms with Crippen LogP contribution in [0.15, 0.2) is 42.5 Å². The van der Waals surface area contributed by atoms with Crippen LogP contribution >= 0.6 is 0 Å². The van der Waals surface area contributed by atoms with Gasteiger partial charge in [-0.1, -0.05) is 30.3 Å². The molecule has 0 bridgehead atoms. The van der Waals surface area contributed by atoms with Crippen LogP contribution in [0.2, 0.25) is 0 Å². The van der Waals surface area contributed by atoms with Gasteiger partial charge in [0.1, 0.15) is 0 Å². The number of hydrogen-bond donors (Lipinski definition) is 1. The van der Waals surface area contributed by atoms with Crippen molar-refractivity contribution in [1.82, 2.24) is 4.90 Å². The lowest BCUT2D eigenvalue weighted by atomic mass is 9.90. The largest absolute Gasteiger partial charge is 0.339 e. The number of benzene rings is 2. The number of hydrogen-bond acceptors (Lipinski definition) is 2. The first-order valence-corrected chi connectivity index (χ1v) is 7.69. The first-order valence-electron chi connectivity index (χ1n) is 7.69. The molecule has 2 aromatic carbocycles. The van der Waals surface area contributed by atoms with E-state index in [4.69, 9.17) is 5.73 Å². The fourth-order valence-corrected chi connectivity index (χ4v) is 3.13. The average Bonchev–Trinajstić information content (AvgIpc) is 2.54. The minimum Gasteiger partial charge on any atom is -0.339 e.